The fourth-order valence-corrected chi connectivity index (χ4v) is 1.05. The largest absolute Gasteiger partial charge is 0.391 e. The lowest BCUT2D eigenvalue weighted by Crippen LogP contribution is -2.41. The maximum atomic E-state index is 11.4. The molecule has 4 N–H and O–H groups in total. The fraction of sp³-hybridized carbons (Fsp3) is 0.900. The van der Waals surface area contributed by atoms with E-state index in [1.807, 2.05) is 6.92 Å². The van der Waals surface area contributed by atoms with E-state index in [-0.39, 0.29) is 30.3 Å². The van der Waals surface area contributed by atoms with Gasteiger partial charge in [0.05, 0.1) is 6.10 Å². The van der Waals surface area contributed by atoms with Crippen LogP contribution in [0.2, 0.25) is 0 Å². The Labute approximate surface area is 98.0 Å². The summed E-state index contributed by atoms with van der Waals surface area (Å²) in [7, 11) is 0. The number of carbonyl (C=O) groups excluding carboxylic acids is 1. The van der Waals surface area contributed by atoms with Crippen molar-refractivity contribution in [1.82, 2.24) is 5.32 Å². The molecule has 0 saturated heterocycles. The Morgan fingerprint density at radius 3 is 2.40 bits per heavy atom. The van der Waals surface area contributed by atoms with E-state index >= 15 is 0 Å². The molecule has 0 aromatic heterocycles. The fourth-order valence-electron chi connectivity index (χ4n) is 1.05. The molecule has 0 aromatic carbocycles. The average molecular weight is 239 g/mol. The van der Waals surface area contributed by atoms with E-state index in [9.17, 15) is 9.90 Å². The van der Waals surface area contributed by atoms with Crippen LogP contribution in [0.15, 0.2) is 0 Å². The third-order valence-corrected chi connectivity index (χ3v) is 2.34. The van der Waals surface area contributed by atoms with Crippen LogP contribution in [0.3, 0.4) is 0 Å². The summed E-state index contributed by atoms with van der Waals surface area (Å²) in [5, 5.41) is 12.1. The second kappa shape index (κ2) is 8.95. The molecule has 0 rings (SSSR count). The number of rotatable bonds is 6. The topological polar surface area (TPSA) is 75.3 Å². The molecule has 0 radical (unpaired) electrons. The van der Waals surface area contributed by atoms with E-state index in [1.165, 1.54) is 0 Å². The van der Waals surface area contributed by atoms with Crippen molar-refractivity contribution in [3.05, 3.63) is 0 Å². The summed E-state index contributed by atoms with van der Waals surface area (Å²) < 4.78 is 0. The normalized spacial score (nSPS) is 16.1. The molecule has 0 fully saturated rings. The maximum absolute atomic E-state index is 11.4. The minimum Gasteiger partial charge on any atom is -0.391 e. The summed E-state index contributed by atoms with van der Waals surface area (Å²) in [5.41, 5.74) is 5.58. The second-order valence-electron chi connectivity index (χ2n) is 3.84. The highest BCUT2D eigenvalue weighted by Crippen LogP contribution is 2.00. The predicted molar refractivity (Wildman–Crippen MR) is 64.0 cm³/mol. The monoisotopic (exact) mass is 238 g/mol. The number of aliphatic hydroxyl groups is 1. The van der Waals surface area contributed by atoms with Gasteiger partial charge >= 0.3 is 0 Å². The minimum absolute atomic E-state index is 0. The van der Waals surface area contributed by atoms with Crippen LogP contribution in [0.1, 0.15) is 33.6 Å². The van der Waals surface area contributed by atoms with Gasteiger partial charge in [0, 0.05) is 18.5 Å². The Balaban J connectivity index is 0. The number of halogens is 1. The number of nitrogens with one attached hydrogen (secondary N) is 1. The van der Waals surface area contributed by atoms with Gasteiger partial charge in [-0.1, -0.05) is 20.3 Å². The van der Waals surface area contributed by atoms with Crippen molar-refractivity contribution in [1.29, 1.82) is 0 Å². The van der Waals surface area contributed by atoms with Crippen molar-refractivity contribution in [2.24, 2.45) is 11.7 Å². The lowest BCUT2D eigenvalue weighted by atomic mass is 10.0. The smallest absolute Gasteiger partial charge is 0.224 e. The minimum atomic E-state index is -0.441. The molecule has 0 heterocycles. The molecule has 1 amide bonds. The molecular formula is C10H23ClN2O2. The van der Waals surface area contributed by atoms with E-state index < -0.39 is 6.10 Å². The van der Waals surface area contributed by atoms with Gasteiger partial charge in [0.2, 0.25) is 5.91 Å². The Morgan fingerprint density at radius 1 is 1.47 bits per heavy atom. The van der Waals surface area contributed by atoms with E-state index in [1.54, 1.807) is 13.8 Å². The molecule has 3 unspecified atom stereocenters. The maximum Gasteiger partial charge on any atom is 0.224 e. The quantitative estimate of drug-likeness (QED) is 0.637. The van der Waals surface area contributed by atoms with Gasteiger partial charge in [-0.3, -0.25) is 4.79 Å². The summed E-state index contributed by atoms with van der Waals surface area (Å²) in [6.07, 6.45) is 1.19. The lowest BCUT2D eigenvalue weighted by molar-refractivity contribution is -0.125. The molecule has 0 bridgehead atoms. The summed E-state index contributed by atoms with van der Waals surface area (Å²) >= 11 is 0. The summed E-state index contributed by atoms with van der Waals surface area (Å²) in [6, 6.07) is -0.154. The van der Waals surface area contributed by atoms with E-state index in [0.29, 0.717) is 13.0 Å². The Morgan fingerprint density at radius 2 is 2.00 bits per heavy atom. The predicted octanol–water partition coefficient (Wildman–Crippen LogP) is 0.669. The van der Waals surface area contributed by atoms with Crippen LogP contribution in [0.5, 0.6) is 0 Å². The first-order chi connectivity index (χ1) is 6.49. The highest BCUT2D eigenvalue weighted by molar-refractivity contribution is 5.85. The number of nitrogens with two attached hydrogens (primary N) is 1. The van der Waals surface area contributed by atoms with Crippen molar-refractivity contribution in [3.63, 3.8) is 0 Å². The van der Waals surface area contributed by atoms with Crippen LogP contribution in [0.4, 0.5) is 0 Å². The zero-order chi connectivity index (χ0) is 11.1. The number of amides is 1. The molecule has 3 atom stereocenters. The van der Waals surface area contributed by atoms with E-state index in [4.69, 9.17) is 5.73 Å². The molecule has 15 heavy (non-hydrogen) atoms. The van der Waals surface area contributed by atoms with Crippen LogP contribution < -0.4 is 11.1 Å². The number of aliphatic hydroxyl groups excluding tert-OH is 1. The SMILES string of the molecule is CCCC(O)CNC(=O)C(C)C(C)N.Cl. The van der Waals surface area contributed by atoms with Gasteiger partial charge in [-0.2, -0.15) is 0 Å². The van der Waals surface area contributed by atoms with Gasteiger partial charge in [-0.25, -0.2) is 0 Å². The van der Waals surface area contributed by atoms with Gasteiger partial charge in [0.15, 0.2) is 0 Å². The molecule has 92 valence electrons. The Bertz CT molecular complexity index is 177. The first kappa shape index (κ1) is 17.1. The lowest BCUT2D eigenvalue weighted by Gasteiger charge is -2.17. The first-order valence-corrected chi connectivity index (χ1v) is 5.20. The molecule has 0 spiro atoms. The van der Waals surface area contributed by atoms with Crippen LogP contribution in [0, 0.1) is 5.92 Å². The number of carbonyl (C=O) groups is 1. The van der Waals surface area contributed by atoms with Gasteiger partial charge in [0.25, 0.3) is 0 Å². The van der Waals surface area contributed by atoms with Crippen molar-refractivity contribution in [3.8, 4) is 0 Å². The average Bonchev–Trinajstić information content (AvgIpc) is 2.13. The van der Waals surface area contributed by atoms with Crippen LogP contribution in [-0.4, -0.2) is 29.7 Å². The summed E-state index contributed by atoms with van der Waals surface area (Å²) in [4.78, 5) is 11.4. The third-order valence-electron chi connectivity index (χ3n) is 2.34. The zero-order valence-electron chi connectivity index (χ0n) is 9.69. The molecule has 0 aliphatic carbocycles. The highest BCUT2D eigenvalue weighted by atomic mass is 35.5. The second-order valence-corrected chi connectivity index (χ2v) is 3.84. The van der Waals surface area contributed by atoms with Crippen LogP contribution >= 0.6 is 12.4 Å². The molecule has 0 aliphatic rings. The Kier molecular flexibility index (Phi) is 10.2. The zero-order valence-corrected chi connectivity index (χ0v) is 10.5. The van der Waals surface area contributed by atoms with Crippen molar-refractivity contribution in [2.75, 3.05) is 6.54 Å². The Hall–Kier alpha value is -0.320. The van der Waals surface area contributed by atoms with Crippen LogP contribution in [-0.2, 0) is 4.79 Å². The van der Waals surface area contributed by atoms with E-state index in [0.717, 1.165) is 6.42 Å². The molecule has 0 aromatic rings. The standard InChI is InChI=1S/C10H22N2O2.ClH/c1-4-5-9(13)6-12-10(14)7(2)8(3)11;/h7-9,13H,4-6,11H2,1-3H3,(H,12,14);1H. The van der Waals surface area contributed by atoms with Gasteiger partial charge in [-0.05, 0) is 13.3 Å². The van der Waals surface area contributed by atoms with Crippen molar-refractivity contribution < 1.29 is 9.90 Å². The van der Waals surface area contributed by atoms with Gasteiger partial charge in [-0.15, -0.1) is 12.4 Å². The van der Waals surface area contributed by atoms with Crippen molar-refractivity contribution >= 4 is 18.3 Å². The third kappa shape index (κ3) is 7.59. The first-order valence-electron chi connectivity index (χ1n) is 5.20. The van der Waals surface area contributed by atoms with Gasteiger partial charge in [0.1, 0.15) is 0 Å². The summed E-state index contributed by atoms with van der Waals surface area (Å²) in [5.74, 6) is -0.293. The molecule has 4 nitrogen and oxygen atoms in total. The van der Waals surface area contributed by atoms with E-state index in [2.05, 4.69) is 5.32 Å². The molecule has 0 saturated carbocycles. The molecule has 5 heteroatoms. The number of hydrogen-bond acceptors (Lipinski definition) is 3. The van der Waals surface area contributed by atoms with Gasteiger partial charge < -0.3 is 16.2 Å². The summed E-state index contributed by atoms with van der Waals surface area (Å²) in [6.45, 7) is 5.90. The highest BCUT2D eigenvalue weighted by Gasteiger charge is 2.17. The molecular weight excluding hydrogens is 216 g/mol. The van der Waals surface area contributed by atoms with Crippen molar-refractivity contribution in [2.45, 2.75) is 45.8 Å². The number of hydrogen-bond donors (Lipinski definition) is 3. The molecule has 0 aliphatic heterocycles. The van der Waals surface area contributed by atoms with Crippen LogP contribution in [0.25, 0.3) is 0 Å².